The number of hydrogen-bond donors (Lipinski definition) is 2. The molecule has 0 radical (unpaired) electrons. The van der Waals surface area contributed by atoms with Crippen LogP contribution in [0.2, 0.25) is 0 Å². The van der Waals surface area contributed by atoms with Crippen LogP contribution < -0.4 is 0 Å². The van der Waals surface area contributed by atoms with E-state index in [-0.39, 0.29) is 0 Å². The van der Waals surface area contributed by atoms with E-state index < -0.39 is 0 Å². The average Bonchev–Trinajstić information content (AvgIpc) is 2.27. The van der Waals surface area contributed by atoms with Gasteiger partial charge in [0.05, 0.1) is 0 Å². The third kappa shape index (κ3) is 2.56. The number of nitrogens with zero attached hydrogens (tertiary/aromatic N) is 2. The molecule has 0 saturated carbocycles. The topological polar surface area (TPSA) is 65.2 Å². The fourth-order valence-corrected chi connectivity index (χ4v) is 1.28. The standard InChI is InChI=1S/C11H14N2O2/c1-3-10(12-14)11(13-15)9-6-4-8(2)5-7-9/h4-7,14-15H,3H2,1-2H3. The predicted octanol–water partition coefficient (Wildman–Crippen LogP) is 2.41. The lowest BCUT2D eigenvalue weighted by Crippen LogP contribution is -2.14. The quantitative estimate of drug-likeness (QED) is 0.453. The minimum Gasteiger partial charge on any atom is -0.411 e. The number of benzene rings is 1. The van der Waals surface area contributed by atoms with Gasteiger partial charge in [0.15, 0.2) is 0 Å². The Morgan fingerprint density at radius 1 is 1.13 bits per heavy atom. The van der Waals surface area contributed by atoms with Gasteiger partial charge in [0.25, 0.3) is 0 Å². The molecule has 1 aromatic carbocycles. The van der Waals surface area contributed by atoms with E-state index in [1.807, 2.05) is 38.1 Å². The first-order chi connectivity index (χ1) is 7.22. The molecule has 2 N–H and O–H groups in total. The van der Waals surface area contributed by atoms with Gasteiger partial charge in [0.2, 0.25) is 0 Å². The van der Waals surface area contributed by atoms with Crippen molar-refractivity contribution in [2.24, 2.45) is 10.3 Å². The van der Waals surface area contributed by atoms with E-state index in [0.717, 1.165) is 11.1 Å². The van der Waals surface area contributed by atoms with E-state index in [0.29, 0.717) is 17.8 Å². The zero-order chi connectivity index (χ0) is 11.3. The second-order valence-corrected chi connectivity index (χ2v) is 3.21. The molecule has 0 heterocycles. The van der Waals surface area contributed by atoms with Crippen molar-refractivity contribution in [2.75, 3.05) is 0 Å². The first-order valence-electron chi connectivity index (χ1n) is 4.73. The van der Waals surface area contributed by atoms with Crippen molar-refractivity contribution in [3.8, 4) is 0 Å². The van der Waals surface area contributed by atoms with E-state index in [4.69, 9.17) is 10.4 Å². The summed E-state index contributed by atoms with van der Waals surface area (Å²) in [6.07, 6.45) is 0.504. The molecule has 4 nitrogen and oxygen atoms in total. The third-order valence-electron chi connectivity index (χ3n) is 2.15. The Kier molecular flexibility index (Phi) is 3.85. The summed E-state index contributed by atoms with van der Waals surface area (Å²) in [6.45, 7) is 3.80. The summed E-state index contributed by atoms with van der Waals surface area (Å²) in [4.78, 5) is 0. The Labute approximate surface area is 88.5 Å². The minimum atomic E-state index is 0.306. The third-order valence-corrected chi connectivity index (χ3v) is 2.15. The van der Waals surface area contributed by atoms with E-state index in [2.05, 4.69) is 10.3 Å². The van der Waals surface area contributed by atoms with Crippen molar-refractivity contribution in [3.63, 3.8) is 0 Å². The Morgan fingerprint density at radius 2 is 1.73 bits per heavy atom. The van der Waals surface area contributed by atoms with Crippen molar-refractivity contribution in [3.05, 3.63) is 35.4 Å². The number of oxime groups is 2. The zero-order valence-corrected chi connectivity index (χ0v) is 8.81. The molecule has 0 unspecified atom stereocenters. The molecule has 4 heteroatoms. The largest absolute Gasteiger partial charge is 0.411 e. The molecule has 0 aliphatic heterocycles. The van der Waals surface area contributed by atoms with Gasteiger partial charge in [-0.05, 0) is 13.3 Å². The van der Waals surface area contributed by atoms with Crippen LogP contribution in [0.25, 0.3) is 0 Å². The van der Waals surface area contributed by atoms with Crippen LogP contribution >= 0.6 is 0 Å². The van der Waals surface area contributed by atoms with E-state index >= 15 is 0 Å². The molecule has 1 rings (SSSR count). The van der Waals surface area contributed by atoms with Crippen molar-refractivity contribution < 1.29 is 10.4 Å². The van der Waals surface area contributed by atoms with Crippen LogP contribution in [0.3, 0.4) is 0 Å². The van der Waals surface area contributed by atoms with Gasteiger partial charge in [-0.15, -0.1) is 0 Å². The highest BCUT2D eigenvalue weighted by Gasteiger charge is 2.11. The summed E-state index contributed by atoms with van der Waals surface area (Å²) in [7, 11) is 0. The van der Waals surface area contributed by atoms with Crippen LogP contribution in [0.15, 0.2) is 34.6 Å². The van der Waals surface area contributed by atoms with Crippen LogP contribution in [0.4, 0.5) is 0 Å². The van der Waals surface area contributed by atoms with Crippen LogP contribution in [0, 0.1) is 6.92 Å². The van der Waals surface area contributed by atoms with Gasteiger partial charge in [-0.2, -0.15) is 0 Å². The predicted molar refractivity (Wildman–Crippen MR) is 59.0 cm³/mol. The first-order valence-corrected chi connectivity index (χ1v) is 4.73. The summed E-state index contributed by atoms with van der Waals surface area (Å²) < 4.78 is 0. The summed E-state index contributed by atoms with van der Waals surface area (Å²) in [5, 5.41) is 23.9. The van der Waals surface area contributed by atoms with Crippen molar-refractivity contribution >= 4 is 11.4 Å². The number of aryl methyl sites for hydroxylation is 1. The first kappa shape index (κ1) is 11.2. The lowest BCUT2D eigenvalue weighted by atomic mass is 10.0. The SMILES string of the molecule is CCC(=NO)C(=NO)c1ccc(C)cc1. The maximum absolute atomic E-state index is 8.88. The van der Waals surface area contributed by atoms with Gasteiger partial charge in [-0.3, -0.25) is 0 Å². The van der Waals surface area contributed by atoms with E-state index in [1.54, 1.807) is 0 Å². The Hall–Kier alpha value is -1.84. The number of hydrogen-bond acceptors (Lipinski definition) is 4. The maximum Gasteiger partial charge on any atom is 0.134 e. The fraction of sp³-hybridized carbons (Fsp3) is 0.273. The van der Waals surface area contributed by atoms with E-state index in [9.17, 15) is 0 Å². The minimum absolute atomic E-state index is 0.306. The Morgan fingerprint density at radius 3 is 2.13 bits per heavy atom. The Bertz CT molecular complexity index is 380. The highest BCUT2D eigenvalue weighted by molar-refractivity contribution is 6.48. The van der Waals surface area contributed by atoms with Gasteiger partial charge in [-0.25, -0.2) is 0 Å². The van der Waals surface area contributed by atoms with Crippen LogP contribution in [0.5, 0.6) is 0 Å². The van der Waals surface area contributed by atoms with Gasteiger partial charge < -0.3 is 10.4 Å². The molecule has 0 atom stereocenters. The highest BCUT2D eigenvalue weighted by Crippen LogP contribution is 2.07. The molecule has 15 heavy (non-hydrogen) atoms. The Balaban J connectivity index is 3.09. The molecule has 0 fully saturated rings. The van der Waals surface area contributed by atoms with Crippen molar-refractivity contribution in [1.82, 2.24) is 0 Å². The van der Waals surface area contributed by atoms with Crippen LogP contribution in [-0.4, -0.2) is 21.8 Å². The monoisotopic (exact) mass is 206 g/mol. The summed E-state index contributed by atoms with van der Waals surface area (Å²) in [6, 6.07) is 7.47. The second kappa shape index (κ2) is 5.14. The second-order valence-electron chi connectivity index (χ2n) is 3.21. The molecule has 0 aromatic heterocycles. The smallest absolute Gasteiger partial charge is 0.134 e. The zero-order valence-electron chi connectivity index (χ0n) is 8.81. The van der Waals surface area contributed by atoms with Crippen LogP contribution in [0.1, 0.15) is 24.5 Å². The lowest BCUT2D eigenvalue weighted by Gasteiger charge is -2.04. The normalized spacial score (nSPS) is 12.9. The molecular formula is C11H14N2O2. The van der Waals surface area contributed by atoms with Crippen molar-refractivity contribution in [2.45, 2.75) is 20.3 Å². The summed E-state index contributed by atoms with van der Waals surface area (Å²) >= 11 is 0. The molecule has 0 aliphatic carbocycles. The number of rotatable bonds is 3. The fourth-order valence-electron chi connectivity index (χ4n) is 1.28. The molecular weight excluding hydrogens is 192 g/mol. The van der Waals surface area contributed by atoms with Gasteiger partial charge >= 0.3 is 0 Å². The van der Waals surface area contributed by atoms with Crippen LogP contribution in [-0.2, 0) is 0 Å². The summed E-state index contributed by atoms with van der Waals surface area (Å²) in [5.74, 6) is 0. The molecule has 80 valence electrons. The molecule has 0 saturated heterocycles. The molecule has 0 aliphatic rings. The van der Waals surface area contributed by atoms with E-state index in [1.165, 1.54) is 0 Å². The summed E-state index contributed by atoms with van der Waals surface area (Å²) in [5.41, 5.74) is 2.52. The highest BCUT2D eigenvalue weighted by atomic mass is 16.4. The molecule has 0 amide bonds. The van der Waals surface area contributed by atoms with Gasteiger partial charge in [0.1, 0.15) is 11.4 Å². The molecule has 1 aromatic rings. The molecule has 0 spiro atoms. The maximum atomic E-state index is 8.88. The van der Waals surface area contributed by atoms with Gasteiger partial charge in [-0.1, -0.05) is 47.1 Å². The van der Waals surface area contributed by atoms with Gasteiger partial charge in [0, 0.05) is 5.56 Å². The molecule has 0 bridgehead atoms. The average molecular weight is 206 g/mol. The van der Waals surface area contributed by atoms with Crippen molar-refractivity contribution in [1.29, 1.82) is 0 Å². The lowest BCUT2D eigenvalue weighted by molar-refractivity contribution is 0.313.